The summed E-state index contributed by atoms with van der Waals surface area (Å²) in [6.45, 7) is 13.9. The van der Waals surface area contributed by atoms with Gasteiger partial charge in [0.2, 0.25) is 11.8 Å². The molecule has 9 heteroatoms. The summed E-state index contributed by atoms with van der Waals surface area (Å²) in [4.78, 5) is 46.3. The van der Waals surface area contributed by atoms with Crippen LogP contribution in [0.2, 0.25) is 0 Å². The van der Waals surface area contributed by atoms with Crippen molar-refractivity contribution in [3.05, 3.63) is 47.0 Å². The van der Waals surface area contributed by atoms with Gasteiger partial charge in [0.25, 0.3) is 5.91 Å². The Morgan fingerprint density at radius 3 is 2.36 bits per heavy atom. The summed E-state index contributed by atoms with van der Waals surface area (Å²) in [7, 11) is 0. The molecule has 0 aliphatic heterocycles. The van der Waals surface area contributed by atoms with Gasteiger partial charge in [-0.1, -0.05) is 45.9 Å². The van der Waals surface area contributed by atoms with Crippen molar-refractivity contribution in [2.75, 3.05) is 38.0 Å². The predicted molar refractivity (Wildman–Crippen MR) is 146 cm³/mol. The SMILES string of the molecule is CCN(CC)CCCC(C)NC(=O)Cc1csc(NC(=O)CN(CC(C)C)C(=O)c2ccccc2)n1. The highest BCUT2D eigenvalue weighted by atomic mass is 32.1. The maximum absolute atomic E-state index is 12.9. The van der Waals surface area contributed by atoms with Crippen molar-refractivity contribution in [1.29, 1.82) is 0 Å². The number of benzene rings is 1. The number of carbonyl (C=O) groups excluding carboxylic acids is 3. The topological polar surface area (TPSA) is 94.6 Å². The first-order chi connectivity index (χ1) is 17.2. The van der Waals surface area contributed by atoms with Gasteiger partial charge in [-0.05, 0) is 57.5 Å². The van der Waals surface area contributed by atoms with Crippen LogP contribution in [0.1, 0.15) is 63.5 Å². The fraction of sp³-hybridized carbons (Fsp3) is 0.556. The van der Waals surface area contributed by atoms with Gasteiger partial charge in [-0.25, -0.2) is 4.98 Å². The molecular formula is C27H41N5O3S. The smallest absolute Gasteiger partial charge is 0.254 e. The molecule has 3 amide bonds. The second kappa shape index (κ2) is 15.4. The Balaban J connectivity index is 1.84. The van der Waals surface area contributed by atoms with Crippen LogP contribution in [0.5, 0.6) is 0 Å². The van der Waals surface area contributed by atoms with Crippen LogP contribution in [-0.4, -0.2) is 71.3 Å². The molecule has 0 saturated carbocycles. The summed E-state index contributed by atoms with van der Waals surface area (Å²) >= 11 is 1.27. The van der Waals surface area contributed by atoms with Gasteiger partial charge in [-0.15, -0.1) is 11.3 Å². The molecule has 1 aromatic heterocycles. The van der Waals surface area contributed by atoms with E-state index in [-0.39, 0.29) is 42.6 Å². The number of hydrogen-bond donors (Lipinski definition) is 2. The molecule has 1 aromatic carbocycles. The molecule has 2 N–H and O–H groups in total. The van der Waals surface area contributed by atoms with Crippen LogP contribution in [-0.2, 0) is 16.0 Å². The van der Waals surface area contributed by atoms with E-state index in [1.807, 2.05) is 26.8 Å². The first-order valence-corrected chi connectivity index (χ1v) is 13.7. The molecule has 2 rings (SSSR count). The van der Waals surface area contributed by atoms with Gasteiger partial charge in [0, 0.05) is 23.5 Å². The van der Waals surface area contributed by atoms with E-state index >= 15 is 0 Å². The molecule has 0 fully saturated rings. The molecule has 2 aromatic rings. The van der Waals surface area contributed by atoms with Crippen LogP contribution in [0.15, 0.2) is 35.7 Å². The Kier molecular flexibility index (Phi) is 12.6. The lowest BCUT2D eigenvalue weighted by molar-refractivity contribution is -0.121. The number of nitrogens with zero attached hydrogens (tertiary/aromatic N) is 3. The van der Waals surface area contributed by atoms with E-state index in [9.17, 15) is 14.4 Å². The monoisotopic (exact) mass is 515 g/mol. The van der Waals surface area contributed by atoms with E-state index < -0.39 is 0 Å². The minimum atomic E-state index is -0.313. The molecule has 36 heavy (non-hydrogen) atoms. The van der Waals surface area contributed by atoms with Crippen molar-refractivity contribution in [1.82, 2.24) is 20.1 Å². The second-order valence-electron chi connectivity index (χ2n) is 9.45. The Labute approximate surface area is 219 Å². The number of anilines is 1. The highest BCUT2D eigenvalue weighted by molar-refractivity contribution is 7.13. The quantitative estimate of drug-likeness (QED) is 0.373. The zero-order valence-electron chi connectivity index (χ0n) is 22.3. The molecule has 0 bridgehead atoms. The van der Waals surface area contributed by atoms with Crippen molar-refractivity contribution < 1.29 is 14.4 Å². The maximum Gasteiger partial charge on any atom is 0.254 e. The Bertz CT molecular complexity index is 959. The molecule has 1 atom stereocenters. The van der Waals surface area contributed by atoms with Crippen LogP contribution < -0.4 is 10.6 Å². The minimum Gasteiger partial charge on any atom is -0.353 e. The van der Waals surface area contributed by atoms with E-state index in [4.69, 9.17) is 0 Å². The average molecular weight is 516 g/mol. The minimum absolute atomic E-state index is 0.0632. The Hall–Kier alpha value is -2.78. The molecular weight excluding hydrogens is 474 g/mol. The molecule has 0 spiro atoms. The van der Waals surface area contributed by atoms with Crippen LogP contribution in [0.4, 0.5) is 5.13 Å². The van der Waals surface area contributed by atoms with Crippen molar-refractivity contribution >= 4 is 34.2 Å². The molecule has 0 aliphatic carbocycles. The molecule has 8 nitrogen and oxygen atoms in total. The third kappa shape index (κ3) is 10.5. The van der Waals surface area contributed by atoms with E-state index in [0.29, 0.717) is 22.9 Å². The maximum atomic E-state index is 12.9. The van der Waals surface area contributed by atoms with Gasteiger partial charge in [-0.3, -0.25) is 14.4 Å². The summed E-state index contributed by atoms with van der Waals surface area (Å²) in [6, 6.07) is 9.06. The number of thiazole rings is 1. The summed E-state index contributed by atoms with van der Waals surface area (Å²) in [5.74, 6) is -0.352. The highest BCUT2D eigenvalue weighted by Crippen LogP contribution is 2.16. The largest absolute Gasteiger partial charge is 0.353 e. The number of nitrogens with one attached hydrogen (secondary N) is 2. The molecule has 0 saturated heterocycles. The van der Waals surface area contributed by atoms with Gasteiger partial charge in [0.15, 0.2) is 5.13 Å². The van der Waals surface area contributed by atoms with E-state index in [0.717, 1.165) is 32.5 Å². The number of rotatable bonds is 15. The van der Waals surface area contributed by atoms with Gasteiger partial charge in [0.05, 0.1) is 12.1 Å². The lowest BCUT2D eigenvalue weighted by atomic mass is 10.1. The summed E-state index contributed by atoms with van der Waals surface area (Å²) < 4.78 is 0. The van der Waals surface area contributed by atoms with Gasteiger partial charge in [0.1, 0.15) is 6.54 Å². The summed E-state index contributed by atoms with van der Waals surface area (Å²) in [6.07, 6.45) is 2.13. The summed E-state index contributed by atoms with van der Waals surface area (Å²) in [5, 5.41) is 8.01. The second-order valence-corrected chi connectivity index (χ2v) is 10.3. The van der Waals surface area contributed by atoms with Crippen molar-refractivity contribution in [2.45, 2.75) is 59.9 Å². The normalized spacial score (nSPS) is 12.0. The molecule has 0 aliphatic rings. The number of hydrogen-bond acceptors (Lipinski definition) is 6. The first-order valence-electron chi connectivity index (χ1n) is 12.8. The third-order valence-corrected chi connectivity index (χ3v) is 6.59. The van der Waals surface area contributed by atoms with Crippen molar-refractivity contribution in [2.24, 2.45) is 5.92 Å². The lowest BCUT2D eigenvalue weighted by Crippen LogP contribution is -2.40. The van der Waals surface area contributed by atoms with E-state index in [1.54, 1.807) is 34.5 Å². The average Bonchev–Trinajstić information content (AvgIpc) is 3.27. The standard InChI is InChI=1S/C27H41N5O3S/c1-6-31(7-2)15-11-12-21(5)28-24(33)16-23-19-36-27(29-23)30-25(34)18-32(17-20(3)4)26(35)22-13-9-8-10-14-22/h8-10,13-14,19-21H,6-7,11-12,15-18H2,1-5H3,(H,28,33)(H,29,30,34). The molecule has 1 unspecified atom stereocenters. The zero-order chi connectivity index (χ0) is 26.5. The molecule has 198 valence electrons. The Morgan fingerprint density at radius 2 is 1.72 bits per heavy atom. The van der Waals surface area contributed by atoms with Crippen molar-refractivity contribution in [3.8, 4) is 0 Å². The van der Waals surface area contributed by atoms with Gasteiger partial charge < -0.3 is 20.4 Å². The van der Waals surface area contributed by atoms with Crippen LogP contribution in [0.25, 0.3) is 0 Å². The molecule has 0 radical (unpaired) electrons. The fourth-order valence-electron chi connectivity index (χ4n) is 3.92. The van der Waals surface area contributed by atoms with Gasteiger partial charge in [-0.2, -0.15) is 0 Å². The number of aromatic nitrogens is 1. The lowest BCUT2D eigenvalue weighted by Gasteiger charge is -2.24. The number of carbonyl (C=O) groups is 3. The zero-order valence-corrected chi connectivity index (χ0v) is 23.1. The van der Waals surface area contributed by atoms with Crippen molar-refractivity contribution in [3.63, 3.8) is 0 Å². The number of amides is 3. The van der Waals surface area contributed by atoms with Crippen LogP contribution in [0, 0.1) is 5.92 Å². The van der Waals surface area contributed by atoms with Crippen LogP contribution in [0.3, 0.4) is 0 Å². The Morgan fingerprint density at radius 1 is 1.03 bits per heavy atom. The third-order valence-electron chi connectivity index (χ3n) is 5.78. The fourth-order valence-corrected chi connectivity index (χ4v) is 4.65. The summed E-state index contributed by atoms with van der Waals surface area (Å²) in [5.41, 5.74) is 1.17. The molecule has 1 heterocycles. The predicted octanol–water partition coefficient (Wildman–Crippen LogP) is 4.05. The first kappa shape index (κ1) is 29.5. The van der Waals surface area contributed by atoms with Gasteiger partial charge >= 0.3 is 0 Å². The van der Waals surface area contributed by atoms with E-state index in [2.05, 4.69) is 34.4 Å². The highest BCUT2D eigenvalue weighted by Gasteiger charge is 2.20. The van der Waals surface area contributed by atoms with Crippen LogP contribution >= 0.6 is 11.3 Å². The van der Waals surface area contributed by atoms with E-state index in [1.165, 1.54) is 11.3 Å².